The number of ether oxygens (including phenoxy) is 1. The SMILES string of the molecule is N#Cc1cccc(C#N)c1-c1nc2c3ccc(OCc4cccnc4)cc3c3[nH]c(Cl)ccc3c2n1. The van der Waals surface area contributed by atoms with Gasteiger partial charge in [0.2, 0.25) is 0 Å². The van der Waals surface area contributed by atoms with E-state index in [4.69, 9.17) is 26.3 Å². The minimum absolute atomic E-state index is 0.333. The molecule has 0 spiro atoms. The van der Waals surface area contributed by atoms with Gasteiger partial charge < -0.3 is 9.72 Å². The second-order valence-electron chi connectivity index (χ2n) is 8.15. The Morgan fingerprint density at radius 2 is 1.61 bits per heavy atom. The lowest BCUT2D eigenvalue weighted by Crippen LogP contribution is -1.96. The van der Waals surface area contributed by atoms with Crippen molar-refractivity contribution < 1.29 is 4.74 Å². The van der Waals surface area contributed by atoms with Crippen molar-refractivity contribution in [3.8, 4) is 29.3 Å². The largest absolute Gasteiger partial charge is 0.489 e. The molecular weight excluding hydrogens is 472 g/mol. The number of aromatic nitrogens is 4. The molecule has 3 aromatic carbocycles. The third-order valence-electron chi connectivity index (χ3n) is 6.00. The molecule has 0 saturated heterocycles. The standard InChI is InChI=1S/C28H15ClN6O/c29-23-9-8-21-25(33-23)22-11-19(36-15-16-3-2-10-32-14-16)6-7-20(22)26-27(21)35-28(34-26)24-17(12-30)4-1-5-18(24)13-31/h1-11,14,33H,15H2. The zero-order valence-electron chi connectivity index (χ0n) is 18.7. The molecule has 0 saturated carbocycles. The fourth-order valence-corrected chi connectivity index (χ4v) is 4.52. The highest BCUT2D eigenvalue weighted by Gasteiger charge is 2.20. The molecule has 0 aliphatic rings. The Hall–Kier alpha value is -4.98. The van der Waals surface area contributed by atoms with Crippen LogP contribution in [0.15, 0.2) is 73.1 Å². The summed E-state index contributed by atoms with van der Waals surface area (Å²) in [6.45, 7) is 0.381. The second-order valence-corrected chi connectivity index (χ2v) is 8.56. The van der Waals surface area contributed by atoms with Crippen LogP contribution < -0.4 is 4.74 Å². The summed E-state index contributed by atoms with van der Waals surface area (Å²) >= 11 is 6.33. The lowest BCUT2D eigenvalue weighted by Gasteiger charge is -2.10. The zero-order chi connectivity index (χ0) is 24.6. The average molecular weight is 487 g/mol. The quantitative estimate of drug-likeness (QED) is 0.231. The number of H-pyrrole nitrogens is 1. The van der Waals surface area contributed by atoms with Crippen LogP contribution in [0.2, 0.25) is 5.15 Å². The molecule has 0 atom stereocenters. The van der Waals surface area contributed by atoms with Gasteiger partial charge in [-0.2, -0.15) is 10.5 Å². The number of hydrogen-bond donors (Lipinski definition) is 1. The van der Waals surface area contributed by atoms with E-state index >= 15 is 0 Å². The summed E-state index contributed by atoms with van der Waals surface area (Å²) in [4.78, 5) is 17.0. The number of aromatic amines is 1. The second kappa shape index (κ2) is 8.66. The van der Waals surface area contributed by atoms with Crippen LogP contribution in [0.1, 0.15) is 16.7 Å². The van der Waals surface area contributed by atoms with E-state index in [1.54, 1.807) is 36.7 Å². The minimum atomic E-state index is 0.333. The molecule has 1 N–H and O–H groups in total. The third kappa shape index (κ3) is 3.56. The number of nitriles is 2. The van der Waals surface area contributed by atoms with Gasteiger partial charge in [-0.05, 0) is 48.5 Å². The molecule has 6 rings (SSSR count). The number of benzene rings is 3. The van der Waals surface area contributed by atoms with Crippen LogP contribution in [-0.4, -0.2) is 19.9 Å². The van der Waals surface area contributed by atoms with Gasteiger partial charge in [-0.25, -0.2) is 9.97 Å². The molecule has 8 heteroatoms. The van der Waals surface area contributed by atoms with Gasteiger partial charge in [-0.1, -0.05) is 23.7 Å². The number of nitrogens with one attached hydrogen (secondary N) is 1. The molecule has 0 bridgehead atoms. The fourth-order valence-electron chi connectivity index (χ4n) is 4.36. The summed E-state index contributed by atoms with van der Waals surface area (Å²) in [5.74, 6) is 1.01. The maximum absolute atomic E-state index is 9.66. The molecule has 3 aromatic heterocycles. The number of pyridine rings is 2. The Labute approximate surface area is 210 Å². The van der Waals surface area contributed by atoms with Gasteiger partial charge in [0, 0.05) is 34.1 Å². The lowest BCUT2D eigenvalue weighted by molar-refractivity contribution is 0.306. The van der Waals surface area contributed by atoms with E-state index in [1.165, 1.54) is 0 Å². The van der Waals surface area contributed by atoms with Crippen molar-refractivity contribution in [3.63, 3.8) is 0 Å². The van der Waals surface area contributed by atoms with E-state index in [0.717, 1.165) is 27.2 Å². The van der Waals surface area contributed by atoms with Crippen LogP contribution in [0.3, 0.4) is 0 Å². The molecule has 0 unspecified atom stereocenters. The smallest absolute Gasteiger partial charge is 0.163 e. The van der Waals surface area contributed by atoms with Crippen LogP contribution in [0.4, 0.5) is 0 Å². The zero-order valence-corrected chi connectivity index (χ0v) is 19.4. The average Bonchev–Trinajstić information content (AvgIpc) is 3.37. The first kappa shape index (κ1) is 21.5. The fraction of sp³-hybridized carbons (Fsp3) is 0.0357. The summed E-state index contributed by atoms with van der Waals surface area (Å²) in [6.07, 6.45) is 3.49. The predicted molar refractivity (Wildman–Crippen MR) is 137 cm³/mol. The van der Waals surface area contributed by atoms with Crippen molar-refractivity contribution >= 4 is 44.3 Å². The van der Waals surface area contributed by atoms with E-state index < -0.39 is 0 Å². The van der Waals surface area contributed by atoms with Crippen molar-refractivity contribution in [1.82, 2.24) is 19.9 Å². The van der Waals surface area contributed by atoms with E-state index in [-0.39, 0.29) is 0 Å². The van der Waals surface area contributed by atoms with E-state index in [9.17, 15) is 10.5 Å². The van der Waals surface area contributed by atoms with Crippen molar-refractivity contribution in [1.29, 1.82) is 10.5 Å². The summed E-state index contributed by atoms with van der Waals surface area (Å²) in [5, 5.41) is 22.3. The summed E-state index contributed by atoms with van der Waals surface area (Å²) in [6, 6.07) is 22.5. The summed E-state index contributed by atoms with van der Waals surface area (Å²) in [7, 11) is 0. The van der Waals surface area contributed by atoms with E-state index in [0.29, 0.717) is 51.1 Å². The molecule has 0 aliphatic carbocycles. The molecule has 36 heavy (non-hydrogen) atoms. The van der Waals surface area contributed by atoms with Crippen molar-refractivity contribution in [3.05, 3.63) is 94.9 Å². The molecule has 7 nitrogen and oxygen atoms in total. The molecule has 0 fully saturated rings. The maximum atomic E-state index is 9.66. The summed E-state index contributed by atoms with van der Waals surface area (Å²) < 4.78 is 6.03. The number of nitrogens with zero attached hydrogens (tertiary/aromatic N) is 5. The molecule has 0 aliphatic heterocycles. The van der Waals surface area contributed by atoms with Crippen LogP contribution in [0, 0.1) is 22.7 Å². The molecule has 6 aromatic rings. The summed E-state index contributed by atoms with van der Waals surface area (Å²) in [5.41, 5.74) is 4.19. The van der Waals surface area contributed by atoms with Crippen molar-refractivity contribution in [2.24, 2.45) is 0 Å². The first-order chi connectivity index (χ1) is 17.7. The van der Waals surface area contributed by atoms with Crippen LogP contribution >= 0.6 is 11.6 Å². The van der Waals surface area contributed by atoms with Gasteiger partial charge >= 0.3 is 0 Å². The highest BCUT2D eigenvalue weighted by atomic mass is 35.5. The van der Waals surface area contributed by atoms with Crippen LogP contribution in [0.25, 0.3) is 44.1 Å². The van der Waals surface area contributed by atoms with Gasteiger partial charge in [0.15, 0.2) is 5.82 Å². The minimum Gasteiger partial charge on any atom is -0.489 e. The van der Waals surface area contributed by atoms with Crippen LogP contribution in [0.5, 0.6) is 5.75 Å². The topological polar surface area (TPSA) is 111 Å². The Balaban J connectivity index is 1.58. The number of halogens is 1. The van der Waals surface area contributed by atoms with E-state index in [1.807, 2.05) is 36.4 Å². The Morgan fingerprint density at radius 1 is 0.861 bits per heavy atom. The van der Waals surface area contributed by atoms with Gasteiger partial charge in [0.25, 0.3) is 0 Å². The third-order valence-corrected chi connectivity index (χ3v) is 6.22. The molecule has 3 heterocycles. The first-order valence-electron chi connectivity index (χ1n) is 11.0. The van der Waals surface area contributed by atoms with Crippen LogP contribution in [-0.2, 0) is 6.61 Å². The maximum Gasteiger partial charge on any atom is 0.163 e. The first-order valence-corrected chi connectivity index (χ1v) is 11.4. The molecule has 170 valence electrons. The van der Waals surface area contributed by atoms with Crippen molar-refractivity contribution in [2.75, 3.05) is 0 Å². The normalized spacial score (nSPS) is 11.0. The predicted octanol–water partition coefficient (Wildman–Crippen LogP) is 6.30. The number of hydrogen-bond acceptors (Lipinski definition) is 6. The van der Waals surface area contributed by atoms with Gasteiger partial charge in [-0.3, -0.25) is 4.98 Å². The Morgan fingerprint density at radius 3 is 2.33 bits per heavy atom. The van der Waals surface area contributed by atoms with Crippen molar-refractivity contribution in [2.45, 2.75) is 6.61 Å². The van der Waals surface area contributed by atoms with E-state index in [2.05, 4.69) is 22.1 Å². The molecule has 0 radical (unpaired) electrons. The number of fused-ring (bicyclic) bond motifs is 6. The molecular formula is C28H15ClN6O. The number of rotatable bonds is 4. The number of imidazole rings is 1. The highest BCUT2D eigenvalue weighted by molar-refractivity contribution is 6.31. The van der Waals surface area contributed by atoms with Gasteiger partial charge in [0.05, 0.1) is 39.9 Å². The lowest BCUT2D eigenvalue weighted by atomic mass is 10.0. The highest BCUT2D eigenvalue weighted by Crippen LogP contribution is 2.37. The monoisotopic (exact) mass is 486 g/mol. The Bertz CT molecular complexity index is 1850. The molecule has 0 amide bonds. The van der Waals surface area contributed by atoms with Gasteiger partial charge in [0.1, 0.15) is 23.0 Å². The Kier molecular flexibility index (Phi) is 5.19. The van der Waals surface area contributed by atoms with Gasteiger partial charge in [-0.15, -0.1) is 0 Å².